The lowest BCUT2D eigenvalue weighted by Crippen LogP contribution is -2.41. The molecule has 0 saturated carbocycles. The fourth-order valence-electron chi connectivity index (χ4n) is 2.50. The highest BCUT2D eigenvalue weighted by molar-refractivity contribution is 6.61. The summed E-state index contributed by atoms with van der Waals surface area (Å²) in [7, 11) is -0.537. The fraction of sp³-hybridized carbons (Fsp3) is 0.667. The zero-order chi connectivity index (χ0) is 16.0. The smallest absolute Gasteiger partial charge is 0.398 e. The summed E-state index contributed by atoms with van der Waals surface area (Å²) >= 11 is 0. The number of hydrogen-bond acceptors (Lipinski definition) is 6. The van der Waals surface area contributed by atoms with Crippen LogP contribution < -0.4 is 5.59 Å². The standard InChI is InChI=1S/C15H21BN2O4/c1-14(2)15(3,4)22-16(21-14)13-8-17-11(7-18-13)10-9-20-6-5-12(10)19/h7-8,10H,5-6,9H2,1-4H3. The molecule has 3 heterocycles. The van der Waals surface area contributed by atoms with Crippen molar-refractivity contribution in [3.8, 4) is 0 Å². The van der Waals surface area contributed by atoms with Gasteiger partial charge in [-0.2, -0.15) is 0 Å². The summed E-state index contributed by atoms with van der Waals surface area (Å²) in [6.07, 6.45) is 3.68. The molecule has 2 fully saturated rings. The minimum absolute atomic E-state index is 0.156. The Labute approximate surface area is 130 Å². The average Bonchev–Trinajstić information content (AvgIpc) is 2.68. The number of aromatic nitrogens is 2. The van der Waals surface area contributed by atoms with Crippen molar-refractivity contribution >= 4 is 18.5 Å². The van der Waals surface area contributed by atoms with Gasteiger partial charge in [-0.15, -0.1) is 0 Å². The number of carbonyl (C=O) groups is 1. The molecule has 7 heteroatoms. The van der Waals surface area contributed by atoms with Gasteiger partial charge in [0, 0.05) is 18.8 Å². The Hall–Kier alpha value is -1.31. The maximum Gasteiger partial charge on any atom is 0.516 e. The summed E-state index contributed by atoms with van der Waals surface area (Å²) in [5, 5.41) is 0. The highest BCUT2D eigenvalue weighted by Crippen LogP contribution is 2.36. The molecule has 1 unspecified atom stereocenters. The van der Waals surface area contributed by atoms with Crippen LogP contribution >= 0.6 is 0 Å². The molecule has 1 aromatic rings. The number of rotatable bonds is 2. The van der Waals surface area contributed by atoms with Crippen molar-refractivity contribution in [1.29, 1.82) is 0 Å². The lowest BCUT2D eigenvalue weighted by Gasteiger charge is -2.32. The number of ketones is 1. The fourth-order valence-corrected chi connectivity index (χ4v) is 2.50. The molecule has 1 aromatic heterocycles. The molecule has 3 rings (SSSR count). The third-order valence-electron chi connectivity index (χ3n) is 4.71. The van der Waals surface area contributed by atoms with E-state index in [4.69, 9.17) is 14.0 Å². The van der Waals surface area contributed by atoms with E-state index in [1.165, 1.54) is 0 Å². The molecule has 118 valence electrons. The highest BCUT2D eigenvalue weighted by atomic mass is 16.7. The first kappa shape index (κ1) is 15.6. The van der Waals surface area contributed by atoms with Crippen LogP contribution in [-0.2, 0) is 18.8 Å². The van der Waals surface area contributed by atoms with Crippen LogP contribution in [0.15, 0.2) is 12.4 Å². The topological polar surface area (TPSA) is 70.5 Å². The Bertz CT molecular complexity index is 557. The molecule has 0 amide bonds. The van der Waals surface area contributed by atoms with Crippen LogP contribution in [-0.4, -0.2) is 47.3 Å². The molecule has 0 aliphatic carbocycles. The number of Topliss-reactive ketones (excluding diaryl/α,β-unsaturated/α-hetero) is 1. The summed E-state index contributed by atoms with van der Waals surface area (Å²) in [6, 6.07) is 0. The first-order chi connectivity index (χ1) is 10.3. The van der Waals surface area contributed by atoms with Crippen molar-refractivity contribution in [3.05, 3.63) is 18.1 Å². The normalized spacial score (nSPS) is 27.2. The zero-order valence-electron chi connectivity index (χ0n) is 13.5. The summed E-state index contributed by atoms with van der Waals surface area (Å²) in [5.74, 6) is -0.155. The van der Waals surface area contributed by atoms with Crippen LogP contribution in [0.2, 0.25) is 0 Å². The van der Waals surface area contributed by atoms with Crippen molar-refractivity contribution in [2.75, 3.05) is 13.2 Å². The third-order valence-corrected chi connectivity index (χ3v) is 4.71. The van der Waals surface area contributed by atoms with Crippen molar-refractivity contribution < 1.29 is 18.8 Å². The number of carbonyl (C=O) groups excluding carboxylic acids is 1. The Balaban J connectivity index is 1.76. The van der Waals surface area contributed by atoms with Crippen molar-refractivity contribution in [3.63, 3.8) is 0 Å². The van der Waals surface area contributed by atoms with E-state index in [0.29, 0.717) is 30.9 Å². The monoisotopic (exact) mass is 304 g/mol. The Morgan fingerprint density at radius 1 is 1.14 bits per heavy atom. The van der Waals surface area contributed by atoms with Crippen LogP contribution in [0.1, 0.15) is 45.7 Å². The van der Waals surface area contributed by atoms with Gasteiger partial charge in [-0.25, -0.2) is 0 Å². The van der Waals surface area contributed by atoms with E-state index in [0.717, 1.165) is 0 Å². The minimum Gasteiger partial charge on any atom is -0.398 e. The lowest BCUT2D eigenvalue weighted by atomic mass is 9.85. The van der Waals surface area contributed by atoms with Crippen molar-refractivity contribution in [2.24, 2.45) is 0 Å². The van der Waals surface area contributed by atoms with E-state index in [1.807, 2.05) is 27.7 Å². The molecule has 2 aliphatic heterocycles. The first-order valence-corrected chi connectivity index (χ1v) is 7.58. The van der Waals surface area contributed by atoms with Crippen molar-refractivity contribution in [2.45, 2.75) is 51.2 Å². The van der Waals surface area contributed by atoms with E-state index >= 15 is 0 Å². The van der Waals surface area contributed by atoms with Gasteiger partial charge in [-0.3, -0.25) is 14.8 Å². The van der Waals surface area contributed by atoms with E-state index < -0.39 is 18.3 Å². The summed E-state index contributed by atoms with van der Waals surface area (Å²) in [4.78, 5) is 20.7. The molecular weight excluding hydrogens is 283 g/mol. The summed E-state index contributed by atoms with van der Waals surface area (Å²) in [6.45, 7) is 8.84. The van der Waals surface area contributed by atoms with E-state index in [-0.39, 0.29) is 11.7 Å². The molecule has 0 radical (unpaired) electrons. The van der Waals surface area contributed by atoms with Gasteiger partial charge in [0.15, 0.2) is 0 Å². The second kappa shape index (κ2) is 5.40. The molecule has 0 spiro atoms. The predicted molar refractivity (Wildman–Crippen MR) is 80.9 cm³/mol. The van der Waals surface area contributed by atoms with Gasteiger partial charge < -0.3 is 14.0 Å². The molecule has 0 bridgehead atoms. The van der Waals surface area contributed by atoms with Gasteiger partial charge in [0.2, 0.25) is 0 Å². The minimum atomic E-state index is -0.537. The maximum atomic E-state index is 11.9. The Kier molecular flexibility index (Phi) is 3.83. The third kappa shape index (κ3) is 2.68. The molecule has 1 atom stereocenters. The Morgan fingerprint density at radius 3 is 2.36 bits per heavy atom. The quantitative estimate of drug-likeness (QED) is 0.754. The molecule has 6 nitrogen and oxygen atoms in total. The summed E-state index contributed by atoms with van der Waals surface area (Å²) in [5.41, 5.74) is 0.438. The molecule has 2 saturated heterocycles. The van der Waals surface area contributed by atoms with Gasteiger partial charge in [-0.05, 0) is 27.7 Å². The number of ether oxygens (including phenoxy) is 1. The van der Waals surface area contributed by atoms with Gasteiger partial charge >= 0.3 is 7.12 Å². The predicted octanol–water partition coefficient (Wildman–Crippen LogP) is 0.849. The lowest BCUT2D eigenvalue weighted by molar-refractivity contribution is -0.126. The second-order valence-corrected chi connectivity index (χ2v) is 6.80. The maximum absolute atomic E-state index is 11.9. The molecule has 0 aromatic carbocycles. The SMILES string of the molecule is CC1(C)OB(c2cnc(C3COCCC3=O)cn2)OC1(C)C. The largest absolute Gasteiger partial charge is 0.516 e. The molecular formula is C15H21BN2O4. The van der Waals surface area contributed by atoms with E-state index in [1.54, 1.807) is 12.4 Å². The van der Waals surface area contributed by atoms with Crippen LogP contribution in [0, 0.1) is 0 Å². The van der Waals surface area contributed by atoms with Crippen LogP contribution in [0.5, 0.6) is 0 Å². The zero-order valence-corrected chi connectivity index (χ0v) is 13.5. The van der Waals surface area contributed by atoms with Crippen LogP contribution in [0.4, 0.5) is 0 Å². The van der Waals surface area contributed by atoms with Crippen LogP contribution in [0.3, 0.4) is 0 Å². The van der Waals surface area contributed by atoms with Gasteiger partial charge in [-0.1, -0.05) is 0 Å². The number of hydrogen-bond donors (Lipinski definition) is 0. The van der Waals surface area contributed by atoms with Crippen LogP contribution in [0.25, 0.3) is 0 Å². The summed E-state index contributed by atoms with van der Waals surface area (Å²) < 4.78 is 17.2. The van der Waals surface area contributed by atoms with E-state index in [9.17, 15) is 4.79 Å². The first-order valence-electron chi connectivity index (χ1n) is 7.58. The highest BCUT2D eigenvalue weighted by Gasteiger charge is 2.52. The number of nitrogens with zero attached hydrogens (tertiary/aromatic N) is 2. The molecule has 0 N–H and O–H groups in total. The van der Waals surface area contributed by atoms with Gasteiger partial charge in [0.25, 0.3) is 0 Å². The molecule has 22 heavy (non-hydrogen) atoms. The second-order valence-electron chi connectivity index (χ2n) is 6.80. The molecule has 2 aliphatic rings. The van der Waals surface area contributed by atoms with E-state index in [2.05, 4.69) is 9.97 Å². The average molecular weight is 304 g/mol. The van der Waals surface area contributed by atoms with Crippen molar-refractivity contribution in [1.82, 2.24) is 9.97 Å². The van der Waals surface area contributed by atoms with Gasteiger partial charge in [0.05, 0.1) is 41.6 Å². The Morgan fingerprint density at radius 2 is 1.82 bits per heavy atom. The van der Waals surface area contributed by atoms with Gasteiger partial charge in [0.1, 0.15) is 5.78 Å².